The number of aliphatic carboxylic acids is 1. The molecule has 3 atom stereocenters. The molecule has 0 saturated carbocycles. The highest BCUT2D eigenvalue weighted by atomic mass is 31.2. The molecular weight excluding hydrogens is 193 g/mol. The number of quaternary nitrogens is 1. The highest BCUT2D eigenvalue weighted by Gasteiger charge is 2.33. The molecule has 6 heteroatoms. The van der Waals surface area contributed by atoms with Gasteiger partial charge in [0.1, 0.15) is 6.04 Å². The van der Waals surface area contributed by atoms with Crippen LogP contribution in [0, 0.1) is 0 Å². The fraction of sp³-hybridized carbons (Fsp3) is 0.857. The Morgan fingerprint density at radius 3 is 2.85 bits per heavy atom. The van der Waals surface area contributed by atoms with Crippen LogP contribution in [-0.4, -0.2) is 36.4 Å². The van der Waals surface area contributed by atoms with Crippen molar-refractivity contribution in [1.29, 1.82) is 0 Å². The summed E-state index contributed by atoms with van der Waals surface area (Å²) in [7, 11) is -3.12. The van der Waals surface area contributed by atoms with Crippen LogP contribution < -0.4 is 10.0 Å². The summed E-state index contributed by atoms with van der Waals surface area (Å²) in [5, 5.41) is 10.6. The van der Waals surface area contributed by atoms with Crippen molar-refractivity contribution in [3.63, 3.8) is 0 Å². The molecule has 1 aliphatic rings. The van der Waals surface area contributed by atoms with E-state index < -0.39 is 19.4 Å². The standard InChI is InChI=1S/C7H14NO4P/c1-13(11,12)5-8-4-2-3-6(8)7(9)10/h6H,2-5H2,1H3,(H,9,10)(H,11,12)/t6-/m1/s1. The van der Waals surface area contributed by atoms with Crippen molar-refractivity contribution < 1.29 is 24.3 Å². The second-order valence-electron chi connectivity index (χ2n) is 3.63. The number of carboxylic acids is 1. The molecule has 0 amide bonds. The van der Waals surface area contributed by atoms with Gasteiger partial charge in [-0.1, -0.05) is 0 Å². The fourth-order valence-corrected chi connectivity index (χ4v) is 2.89. The third-order valence-electron chi connectivity index (χ3n) is 2.26. The summed E-state index contributed by atoms with van der Waals surface area (Å²) < 4.78 is 11.1. The van der Waals surface area contributed by atoms with Gasteiger partial charge < -0.3 is 19.7 Å². The number of hydrogen-bond acceptors (Lipinski definition) is 3. The Morgan fingerprint density at radius 1 is 1.77 bits per heavy atom. The molecule has 0 aromatic heterocycles. The van der Waals surface area contributed by atoms with E-state index in [9.17, 15) is 14.5 Å². The highest BCUT2D eigenvalue weighted by molar-refractivity contribution is 7.56. The normalized spacial score (nSPS) is 32.8. The van der Waals surface area contributed by atoms with Gasteiger partial charge in [-0.2, -0.15) is 0 Å². The molecule has 0 spiro atoms. The largest absolute Gasteiger partial charge is 0.544 e. The minimum absolute atomic E-state index is 0.0334. The first kappa shape index (κ1) is 10.7. The average Bonchev–Trinajstić information content (AvgIpc) is 2.31. The zero-order valence-corrected chi connectivity index (χ0v) is 8.42. The van der Waals surface area contributed by atoms with E-state index in [2.05, 4.69) is 0 Å². The maximum absolute atomic E-state index is 11.1. The predicted octanol–water partition coefficient (Wildman–Crippen LogP) is -2.36. The lowest BCUT2D eigenvalue weighted by atomic mass is 10.2. The first-order valence-corrected chi connectivity index (χ1v) is 6.54. The van der Waals surface area contributed by atoms with E-state index in [1.165, 1.54) is 6.66 Å². The van der Waals surface area contributed by atoms with Crippen molar-refractivity contribution >= 4 is 13.3 Å². The van der Waals surface area contributed by atoms with E-state index in [1.54, 1.807) is 0 Å². The fourth-order valence-electron chi connectivity index (χ4n) is 1.76. The van der Waals surface area contributed by atoms with Crippen LogP contribution >= 0.6 is 7.37 Å². The lowest BCUT2D eigenvalue weighted by Gasteiger charge is -2.22. The number of likely N-dealkylation sites (tertiary alicyclic amines) is 1. The van der Waals surface area contributed by atoms with Gasteiger partial charge in [0.2, 0.25) is 7.37 Å². The molecular formula is C7H14NO4P. The summed E-state index contributed by atoms with van der Waals surface area (Å²) in [5.74, 6) is -1.11. The zero-order valence-electron chi connectivity index (χ0n) is 7.52. The molecule has 13 heavy (non-hydrogen) atoms. The average molecular weight is 207 g/mol. The lowest BCUT2D eigenvalue weighted by molar-refractivity contribution is -0.894. The number of rotatable bonds is 3. The molecule has 0 aromatic rings. The molecule has 1 saturated heterocycles. The Balaban J connectivity index is 2.59. The first-order valence-electron chi connectivity index (χ1n) is 4.25. The molecule has 1 rings (SSSR count). The second-order valence-corrected chi connectivity index (χ2v) is 6.05. The van der Waals surface area contributed by atoms with E-state index >= 15 is 0 Å². The van der Waals surface area contributed by atoms with Gasteiger partial charge >= 0.3 is 0 Å². The van der Waals surface area contributed by atoms with Crippen LogP contribution in [0.1, 0.15) is 12.8 Å². The van der Waals surface area contributed by atoms with E-state index in [-0.39, 0.29) is 6.29 Å². The van der Waals surface area contributed by atoms with E-state index in [1.807, 2.05) is 0 Å². The topological polar surface area (TPSA) is 81.9 Å². The van der Waals surface area contributed by atoms with E-state index in [4.69, 9.17) is 4.89 Å². The lowest BCUT2D eigenvalue weighted by Crippen LogP contribution is -3.15. The molecule has 1 heterocycles. The third kappa shape index (κ3) is 3.10. The maximum atomic E-state index is 11.1. The zero-order chi connectivity index (χ0) is 10.1. The third-order valence-corrected chi connectivity index (χ3v) is 3.26. The number of nitrogens with one attached hydrogen (secondary N) is 1. The van der Waals surface area contributed by atoms with Crippen molar-refractivity contribution in [3.05, 3.63) is 0 Å². The molecule has 2 N–H and O–H groups in total. The summed E-state index contributed by atoms with van der Waals surface area (Å²) in [6, 6.07) is -0.597. The molecule has 5 nitrogen and oxygen atoms in total. The smallest absolute Gasteiger partial charge is 0.250 e. The summed E-state index contributed by atoms with van der Waals surface area (Å²) in [6.07, 6.45) is 1.37. The van der Waals surface area contributed by atoms with Gasteiger partial charge in [0.25, 0.3) is 0 Å². The number of carboxylic acid groups (broad SMARTS) is 1. The van der Waals surface area contributed by atoms with Crippen LogP contribution in [0.3, 0.4) is 0 Å². The van der Waals surface area contributed by atoms with Gasteiger partial charge in [-0.3, -0.25) is 4.57 Å². The molecule has 1 fully saturated rings. The number of hydrogen-bond donors (Lipinski definition) is 2. The van der Waals surface area contributed by atoms with Crippen LogP contribution in [0.25, 0.3) is 0 Å². The van der Waals surface area contributed by atoms with Crippen molar-refractivity contribution in [2.75, 3.05) is 19.5 Å². The van der Waals surface area contributed by atoms with Gasteiger partial charge in [-0.05, 0) is 0 Å². The Morgan fingerprint density at radius 2 is 2.38 bits per heavy atom. The Labute approximate surface area is 76.8 Å². The molecule has 0 bridgehead atoms. The Bertz CT molecular complexity index is 249. The SMILES string of the molecule is CP(=O)(O)C[NH+]1CCC[C@@H]1C(=O)[O-]. The van der Waals surface area contributed by atoms with Crippen molar-refractivity contribution in [2.45, 2.75) is 18.9 Å². The molecule has 76 valence electrons. The van der Waals surface area contributed by atoms with Gasteiger partial charge in [-0.25, -0.2) is 0 Å². The summed E-state index contributed by atoms with van der Waals surface area (Å²) in [6.45, 7) is 1.90. The summed E-state index contributed by atoms with van der Waals surface area (Å²) >= 11 is 0. The molecule has 2 unspecified atom stereocenters. The van der Waals surface area contributed by atoms with Crippen molar-refractivity contribution in [2.24, 2.45) is 0 Å². The van der Waals surface area contributed by atoms with Gasteiger partial charge in [-0.15, -0.1) is 0 Å². The van der Waals surface area contributed by atoms with Crippen molar-refractivity contribution in [1.82, 2.24) is 0 Å². The summed E-state index contributed by atoms with van der Waals surface area (Å²) in [5.41, 5.74) is 0. The van der Waals surface area contributed by atoms with Gasteiger partial charge in [0, 0.05) is 19.5 Å². The van der Waals surface area contributed by atoms with Crippen LogP contribution in [-0.2, 0) is 9.36 Å². The number of carbonyl (C=O) groups excluding carboxylic acids is 1. The van der Waals surface area contributed by atoms with E-state index in [0.717, 1.165) is 6.42 Å². The van der Waals surface area contributed by atoms with Crippen LogP contribution in [0.5, 0.6) is 0 Å². The monoisotopic (exact) mass is 207 g/mol. The van der Waals surface area contributed by atoms with Gasteiger partial charge in [0.05, 0.1) is 12.5 Å². The quantitative estimate of drug-likeness (QED) is 0.507. The van der Waals surface area contributed by atoms with Crippen molar-refractivity contribution in [3.8, 4) is 0 Å². The minimum Gasteiger partial charge on any atom is -0.544 e. The van der Waals surface area contributed by atoms with E-state index in [0.29, 0.717) is 17.9 Å². The van der Waals surface area contributed by atoms with Crippen LogP contribution in [0.15, 0.2) is 0 Å². The molecule has 0 radical (unpaired) electrons. The Kier molecular flexibility index (Phi) is 3.11. The minimum atomic E-state index is -3.12. The second kappa shape index (κ2) is 3.78. The summed E-state index contributed by atoms with van der Waals surface area (Å²) in [4.78, 5) is 20.4. The predicted molar refractivity (Wildman–Crippen MR) is 44.5 cm³/mol. The Hall–Kier alpha value is -0.380. The number of carbonyl (C=O) groups is 1. The molecule has 1 aliphatic heterocycles. The van der Waals surface area contributed by atoms with Crippen LogP contribution in [0.4, 0.5) is 0 Å². The highest BCUT2D eigenvalue weighted by Crippen LogP contribution is 2.31. The maximum Gasteiger partial charge on any atom is 0.250 e. The van der Waals surface area contributed by atoms with Crippen LogP contribution in [0.2, 0.25) is 0 Å². The molecule has 0 aromatic carbocycles. The van der Waals surface area contributed by atoms with Gasteiger partial charge in [0.15, 0.2) is 6.29 Å². The molecule has 0 aliphatic carbocycles. The first-order chi connectivity index (χ1) is 5.90.